The van der Waals surface area contributed by atoms with E-state index in [1.807, 2.05) is 6.92 Å². The monoisotopic (exact) mass is 238 g/mol. The van der Waals surface area contributed by atoms with Gasteiger partial charge >= 0.3 is 0 Å². The Morgan fingerprint density at radius 1 is 1.29 bits per heavy atom. The number of hydrogen-bond donors (Lipinski definition) is 1. The van der Waals surface area contributed by atoms with E-state index in [0.717, 1.165) is 24.4 Å². The molecule has 0 aromatic carbocycles. The van der Waals surface area contributed by atoms with Crippen LogP contribution in [0.15, 0.2) is 0 Å². The number of carbonyl (C=O) groups excluding carboxylic acids is 1. The second-order valence-corrected chi connectivity index (χ2v) is 4.18. The fourth-order valence-electron chi connectivity index (χ4n) is 2.14. The summed E-state index contributed by atoms with van der Waals surface area (Å²) in [5.74, 6) is 1.17. The van der Waals surface area contributed by atoms with Gasteiger partial charge in [-0.25, -0.2) is 4.98 Å². The lowest BCUT2D eigenvalue weighted by molar-refractivity contribution is -0.119. The fraction of sp³-hybridized carbons (Fsp3) is 0.692. The van der Waals surface area contributed by atoms with Gasteiger partial charge in [0.1, 0.15) is 11.6 Å². The summed E-state index contributed by atoms with van der Waals surface area (Å²) < 4.78 is 2.16. The molecule has 0 spiro atoms. The molecule has 0 unspecified atom stereocenters. The Hall–Kier alpha value is -1.16. The molecule has 0 radical (unpaired) electrons. The van der Waals surface area contributed by atoms with Crippen LogP contribution in [-0.2, 0) is 24.2 Å². The normalized spacial score (nSPS) is 10.8. The first-order chi connectivity index (χ1) is 8.13. The predicted octanol–water partition coefficient (Wildman–Crippen LogP) is 1.66. The highest BCUT2D eigenvalue weighted by molar-refractivity contribution is 5.78. The number of aryl methyl sites for hydroxylation is 2. The van der Waals surface area contributed by atoms with E-state index in [-0.39, 0.29) is 18.8 Å². The summed E-state index contributed by atoms with van der Waals surface area (Å²) in [5, 5.41) is 8.70. The van der Waals surface area contributed by atoms with Crippen LogP contribution in [0.25, 0.3) is 0 Å². The summed E-state index contributed by atoms with van der Waals surface area (Å²) in [7, 11) is 0. The first kappa shape index (κ1) is 13.9. The van der Waals surface area contributed by atoms with E-state index in [0.29, 0.717) is 13.0 Å². The van der Waals surface area contributed by atoms with Crippen LogP contribution in [0.5, 0.6) is 0 Å². The topological polar surface area (TPSA) is 55.1 Å². The molecule has 4 nitrogen and oxygen atoms in total. The summed E-state index contributed by atoms with van der Waals surface area (Å²) in [4.78, 5) is 16.0. The van der Waals surface area contributed by atoms with Gasteiger partial charge in [0.15, 0.2) is 0 Å². The molecule has 1 aromatic rings. The second kappa shape index (κ2) is 6.55. The van der Waals surface area contributed by atoms with Crippen LogP contribution in [0.4, 0.5) is 0 Å². The number of nitrogens with zero attached hydrogens (tertiary/aromatic N) is 2. The molecule has 4 heteroatoms. The van der Waals surface area contributed by atoms with E-state index in [1.54, 1.807) is 0 Å². The third-order valence-electron chi connectivity index (χ3n) is 3.01. The Morgan fingerprint density at radius 2 is 2.00 bits per heavy atom. The molecule has 0 saturated heterocycles. The summed E-state index contributed by atoms with van der Waals surface area (Å²) in [6.45, 7) is 6.84. The number of aromatic nitrogens is 2. The maximum atomic E-state index is 11.4. The summed E-state index contributed by atoms with van der Waals surface area (Å²) in [6.07, 6.45) is 2.56. The summed E-state index contributed by atoms with van der Waals surface area (Å²) in [5.41, 5.74) is 2.29. The molecule has 1 rings (SSSR count). The van der Waals surface area contributed by atoms with Gasteiger partial charge in [0, 0.05) is 38.1 Å². The highest BCUT2D eigenvalue weighted by Crippen LogP contribution is 2.14. The molecular formula is C13H22N2O2. The molecule has 0 amide bonds. The fourth-order valence-corrected chi connectivity index (χ4v) is 2.14. The van der Waals surface area contributed by atoms with Crippen molar-refractivity contribution in [3.8, 4) is 0 Å². The van der Waals surface area contributed by atoms with Gasteiger partial charge in [-0.2, -0.15) is 0 Å². The van der Waals surface area contributed by atoms with Gasteiger partial charge in [0.2, 0.25) is 0 Å². The number of ketones is 1. The van der Waals surface area contributed by atoms with Gasteiger partial charge in [0.25, 0.3) is 0 Å². The Bertz CT molecular complexity index is 383. The maximum absolute atomic E-state index is 11.4. The zero-order chi connectivity index (χ0) is 12.8. The van der Waals surface area contributed by atoms with Crippen LogP contribution in [0, 0.1) is 6.92 Å². The van der Waals surface area contributed by atoms with Crippen LogP contribution >= 0.6 is 0 Å². The van der Waals surface area contributed by atoms with Gasteiger partial charge in [-0.1, -0.05) is 13.8 Å². The van der Waals surface area contributed by atoms with Gasteiger partial charge in [-0.3, -0.25) is 4.79 Å². The predicted molar refractivity (Wildman–Crippen MR) is 67.0 cm³/mol. The molecule has 0 aliphatic rings. The van der Waals surface area contributed by atoms with Crippen LogP contribution in [0.3, 0.4) is 0 Å². The van der Waals surface area contributed by atoms with Crippen molar-refractivity contribution >= 4 is 5.78 Å². The molecule has 0 saturated carbocycles. The molecule has 17 heavy (non-hydrogen) atoms. The van der Waals surface area contributed by atoms with Crippen molar-refractivity contribution in [3.63, 3.8) is 0 Å². The molecule has 0 bridgehead atoms. The molecule has 1 N–H and O–H groups in total. The van der Waals surface area contributed by atoms with Gasteiger partial charge in [0.05, 0.1) is 5.69 Å². The van der Waals surface area contributed by atoms with Gasteiger partial charge in [-0.05, 0) is 13.3 Å². The number of carbonyl (C=O) groups is 1. The molecule has 1 aromatic heterocycles. The lowest BCUT2D eigenvalue weighted by Gasteiger charge is -2.09. The van der Waals surface area contributed by atoms with Crippen LogP contribution < -0.4 is 0 Å². The van der Waals surface area contributed by atoms with Crippen molar-refractivity contribution in [2.45, 2.75) is 53.0 Å². The summed E-state index contributed by atoms with van der Waals surface area (Å²) >= 11 is 0. The minimum absolute atomic E-state index is 0.0525. The molecule has 0 atom stereocenters. The lowest BCUT2D eigenvalue weighted by atomic mass is 10.2. The van der Waals surface area contributed by atoms with Crippen molar-refractivity contribution in [1.82, 2.24) is 9.55 Å². The minimum Gasteiger partial charge on any atom is -0.396 e. The average molecular weight is 238 g/mol. The number of aliphatic hydroxyl groups excluding tert-OH is 1. The van der Waals surface area contributed by atoms with E-state index < -0.39 is 0 Å². The highest BCUT2D eigenvalue weighted by atomic mass is 16.3. The van der Waals surface area contributed by atoms with Crippen molar-refractivity contribution in [1.29, 1.82) is 0 Å². The van der Waals surface area contributed by atoms with E-state index in [9.17, 15) is 4.79 Å². The molecule has 0 fully saturated rings. The van der Waals surface area contributed by atoms with E-state index in [2.05, 4.69) is 23.4 Å². The summed E-state index contributed by atoms with van der Waals surface area (Å²) in [6, 6.07) is 0. The zero-order valence-electron chi connectivity index (χ0n) is 11.0. The van der Waals surface area contributed by atoms with E-state index in [4.69, 9.17) is 5.11 Å². The third kappa shape index (κ3) is 3.40. The second-order valence-electron chi connectivity index (χ2n) is 4.18. The Morgan fingerprint density at radius 3 is 2.53 bits per heavy atom. The van der Waals surface area contributed by atoms with Crippen LogP contribution in [-0.4, -0.2) is 27.0 Å². The Labute approximate surface area is 103 Å². The minimum atomic E-state index is -0.0525. The molecule has 0 aliphatic heterocycles. The maximum Gasteiger partial charge on any atom is 0.136 e. The molecule has 96 valence electrons. The quantitative estimate of drug-likeness (QED) is 0.786. The van der Waals surface area contributed by atoms with Crippen molar-refractivity contribution < 1.29 is 9.90 Å². The highest BCUT2D eigenvalue weighted by Gasteiger charge is 2.12. The largest absolute Gasteiger partial charge is 0.396 e. The average Bonchev–Trinajstić information content (AvgIpc) is 2.62. The standard InChI is InChI=1S/C13H22N2O2/c1-4-12-10(3)14-13(5-2)15(12)8-6-11(17)7-9-16/h16H,4-9H2,1-3H3. The molecule has 1 heterocycles. The smallest absolute Gasteiger partial charge is 0.136 e. The van der Waals surface area contributed by atoms with Gasteiger partial charge < -0.3 is 9.67 Å². The number of Topliss-reactive ketones (excluding diaryl/α,β-unsaturated/α-hetero) is 1. The van der Waals surface area contributed by atoms with Crippen molar-refractivity contribution in [3.05, 3.63) is 17.2 Å². The van der Waals surface area contributed by atoms with Gasteiger partial charge in [-0.15, -0.1) is 0 Å². The van der Waals surface area contributed by atoms with Crippen molar-refractivity contribution in [2.24, 2.45) is 0 Å². The molecule has 0 aliphatic carbocycles. The lowest BCUT2D eigenvalue weighted by Crippen LogP contribution is -2.11. The Balaban J connectivity index is 2.78. The first-order valence-electron chi connectivity index (χ1n) is 6.31. The third-order valence-corrected chi connectivity index (χ3v) is 3.01. The van der Waals surface area contributed by atoms with Crippen LogP contribution in [0.2, 0.25) is 0 Å². The number of imidazole rings is 1. The number of aliphatic hydroxyl groups is 1. The molecular weight excluding hydrogens is 216 g/mol. The number of hydrogen-bond acceptors (Lipinski definition) is 3. The zero-order valence-corrected chi connectivity index (χ0v) is 11.0. The first-order valence-corrected chi connectivity index (χ1v) is 6.31. The van der Waals surface area contributed by atoms with Crippen molar-refractivity contribution in [2.75, 3.05) is 6.61 Å². The Kier molecular flexibility index (Phi) is 5.35. The van der Waals surface area contributed by atoms with E-state index >= 15 is 0 Å². The SMILES string of the molecule is CCc1nc(C)c(CC)n1CCC(=O)CCO. The number of rotatable bonds is 7. The van der Waals surface area contributed by atoms with Crippen LogP contribution in [0.1, 0.15) is 43.9 Å². The van der Waals surface area contributed by atoms with E-state index in [1.165, 1.54) is 5.69 Å².